The van der Waals surface area contributed by atoms with E-state index >= 15 is 0 Å². The second kappa shape index (κ2) is 6.53. The molecule has 0 radical (unpaired) electrons. The van der Waals surface area contributed by atoms with Crippen molar-refractivity contribution in [3.05, 3.63) is 16.7 Å². The molecule has 0 unspecified atom stereocenters. The minimum atomic E-state index is -0.493. The molecule has 0 saturated heterocycles. The molecule has 1 aromatic heterocycles. The van der Waals surface area contributed by atoms with E-state index in [1.54, 1.807) is 0 Å². The average molecular weight is 268 g/mol. The van der Waals surface area contributed by atoms with Gasteiger partial charge in [0.1, 0.15) is 5.03 Å². The highest BCUT2D eigenvalue weighted by Gasteiger charge is 2.15. The highest BCUT2D eigenvalue weighted by Crippen LogP contribution is 2.18. The van der Waals surface area contributed by atoms with Gasteiger partial charge in [-0.2, -0.15) is 10.1 Å². The topological polar surface area (TPSA) is 87.7 Å². The molecule has 1 amide bonds. The van der Waals surface area contributed by atoms with Crippen LogP contribution in [0.2, 0.25) is 0 Å². The number of thioether (sulfide) groups is 1. The number of H-pyrrole nitrogens is 1. The smallest absolute Gasteiger partial charge is 0.353 e. The maximum absolute atomic E-state index is 11.7. The maximum atomic E-state index is 11.7. The molecule has 98 valence electrons. The number of hydrogen-bond acceptors (Lipinski definition) is 5. The number of nitrogens with one attached hydrogen (secondary N) is 2. The molecular weight excluding hydrogens is 252 g/mol. The van der Waals surface area contributed by atoms with Crippen LogP contribution in [0.15, 0.2) is 16.0 Å². The first kappa shape index (κ1) is 13.1. The molecule has 18 heavy (non-hydrogen) atoms. The van der Waals surface area contributed by atoms with Crippen molar-refractivity contribution in [2.75, 3.05) is 5.75 Å². The Morgan fingerprint density at radius 3 is 2.94 bits per heavy atom. The Hall–Kier alpha value is -1.37. The van der Waals surface area contributed by atoms with Crippen LogP contribution in [0.1, 0.15) is 32.1 Å². The van der Waals surface area contributed by atoms with Gasteiger partial charge in [-0.25, -0.2) is 9.89 Å². The van der Waals surface area contributed by atoms with E-state index in [9.17, 15) is 9.59 Å². The van der Waals surface area contributed by atoms with E-state index in [1.807, 2.05) is 0 Å². The van der Waals surface area contributed by atoms with Crippen molar-refractivity contribution in [3.8, 4) is 0 Å². The van der Waals surface area contributed by atoms with E-state index in [0.29, 0.717) is 11.1 Å². The zero-order valence-electron chi connectivity index (χ0n) is 10.0. The molecule has 7 heteroatoms. The molecule has 0 aromatic carbocycles. The Bertz CT molecular complexity index is 456. The quantitative estimate of drug-likeness (QED) is 0.785. The van der Waals surface area contributed by atoms with E-state index in [0.717, 1.165) is 12.8 Å². The summed E-state index contributed by atoms with van der Waals surface area (Å²) in [7, 11) is 0. The second-order valence-electron chi connectivity index (χ2n) is 4.32. The molecule has 1 aromatic rings. The van der Waals surface area contributed by atoms with Crippen LogP contribution in [-0.2, 0) is 4.79 Å². The van der Waals surface area contributed by atoms with E-state index < -0.39 is 5.69 Å². The van der Waals surface area contributed by atoms with Crippen LogP contribution >= 0.6 is 11.8 Å². The third-order valence-corrected chi connectivity index (χ3v) is 3.77. The molecule has 2 rings (SSSR count). The van der Waals surface area contributed by atoms with Crippen molar-refractivity contribution in [3.63, 3.8) is 0 Å². The molecule has 1 aliphatic rings. The van der Waals surface area contributed by atoms with E-state index in [2.05, 4.69) is 20.5 Å². The van der Waals surface area contributed by atoms with Gasteiger partial charge in [-0.15, -0.1) is 0 Å². The fourth-order valence-electron chi connectivity index (χ4n) is 2.02. The van der Waals surface area contributed by atoms with E-state index in [-0.39, 0.29) is 11.7 Å². The third-order valence-electron chi connectivity index (χ3n) is 2.87. The highest BCUT2D eigenvalue weighted by molar-refractivity contribution is 7.99. The summed E-state index contributed by atoms with van der Waals surface area (Å²) in [4.78, 5) is 26.3. The summed E-state index contributed by atoms with van der Waals surface area (Å²) in [6.07, 6.45) is 7.24. The lowest BCUT2D eigenvalue weighted by atomic mass is 9.95. The summed E-state index contributed by atoms with van der Waals surface area (Å²) >= 11 is 1.23. The normalized spacial score (nSPS) is 16.4. The van der Waals surface area contributed by atoms with Crippen molar-refractivity contribution in [2.24, 2.45) is 0 Å². The largest absolute Gasteiger partial charge is 0.362 e. The number of aromatic nitrogens is 3. The Balaban J connectivity index is 1.76. The molecule has 1 heterocycles. The molecule has 0 spiro atoms. The summed E-state index contributed by atoms with van der Waals surface area (Å²) in [6.45, 7) is 0. The average Bonchev–Trinajstić information content (AvgIpc) is 2.38. The lowest BCUT2D eigenvalue weighted by molar-refractivity contribution is -0.119. The first-order valence-corrected chi connectivity index (χ1v) is 7.06. The van der Waals surface area contributed by atoms with Crippen LogP contribution in [-0.4, -0.2) is 32.9 Å². The number of aromatic amines is 1. The molecule has 1 fully saturated rings. The summed E-state index contributed by atoms with van der Waals surface area (Å²) in [5, 5.41) is 9.30. The summed E-state index contributed by atoms with van der Waals surface area (Å²) in [5.74, 6) is 0.267. The Kier molecular flexibility index (Phi) is 4.74. The fraction of sp³-hybridized carbons (Fsp3) is 0.636. The fourth-order valence-corrected chi connectivity index (χ4v) is 2.66. The van der Waals surface area contributed by atoms with Crippen molar-refractivity contribution in [2.45, 2.75) is 43.2 Å². The van der Waals surface area contributed by atoms with Crippen LogP contribution in [0.3, 0.4) is 0 Å². The number of rotatable bonds is 4. The molecule has 0 atom stereocenters. The minimum Gasteiger partial charge on any atom is -0.353 e. The summed E-state index contributed by atoms with van der Waals surface area (Å²) in [5.41, 5.74) is -0.493. The first-order valence-electron chi connectivity index (χ1n) is 6.08. The van der Waals surface area contributed by atoms with Crippen LogP contribution in [0.5, 0.6) is 0 Å². The number of hydrogen-bond donors (Lipinski definition) is 2. The van der Waals surface area contributed by atoms with Gasteiger partial charge in [0, 0.05) is 6.04 Å². The maximum Gasteiger partial charge on any atom is 0.362 e. The first-order chi connectivity index (χ1) is 8.74. The van der Waals surface area contributed by atoms with Crippen molar-refractivity contribution in [1.82, 2.24) is 20.5 Å². The Labute approximate surface area is 109 Å². The lowest BCUT2D eigenvalue weighted by Crippen LogP contribution is -2.37. The molecule has 6 nitrogen and oxygen atoms in total. The Morgan fingerprint density at radius 1 is 1.44 bits per heavy atom. The SMILES string of the molecule is O=C(CSc1cn[nH]c(=O)n1)NC1CCCCC1. The zero-order chi connectivity index (χ0) is 12.8. The standard InChI is InChI=1S/C11H16N4O2S/c16-9(13-8-4-2-1-3-5-8)7-18-10-6-12-15-11(17)14-10/h6,8H,1-5,7H2,(H,13,16)(H,14,15,17). The molecule has 2 N–H and O–H groups in total. The van der Waals surface area contributed by atoms with Gasteiger partial charge in [0.25, 0.3) is 0 Å². The van der Waals surface area contributed by atoms with E-state index in [4.69, 9.17) is 0 Å². The van der Waals surface area contributed by atoms with Crippen LogP contribution < -0.4 is 11.0 Å². The molecular formula is C11H16N4O2S. The van der Waals surface area contributed by atoms with Crippen LogP contribution in [0.25, 0.3) is 0 Å². The predicted molar refractivity (Wildman–Crippen MR) is 68.4 cm³/mol. The van der Waals surface area contributed by atoms with Gasteiger partial charge in [0.05, 0.1) is 11.9 Å². The van der Waals surface area contributed by atoms with E-state index in [1.165, 1.54) is 37.2 Å². The summed E-state index contributed by atoms with van der Waals surface area (Å²) < 4.78 is 0. The number of amides is 1. The van der Waals surface area contributed by atoms with Gasteiger partial charge in [0.2, 0.25) is 5.91 Å². The number of carbonyl (C=O) groups is 1. The van der Waals surface area contributed by atoms with Crippen LogP contribution in [0.4, 0.5) is 0 Å². The molecule has 1 saturated carbocycles. The van der Waals surface area contributed by atoms with Gasteiger partial charge >= 0.3 is 5.69 Å². The minimum absolute atomic E-state index is 0.00557. The monoisotopic (exact) mass is 268 g/mol. The summed E-state index contributed by atoms with van der Waals surface area (Å²) in [6, 6.07) is 0.317. The van der Waals surface area contributed by atoms with Gasteiger partial charge in [-0.1, -0.05) is 31.0 Å². The zero-order valence-corrected chi connectivity index (χ0v) is 10.8. The van der Waals surface area contributed by atoms with Crippen LogP contribution in [0, 0.1) is 0 Å². The van der Waals surface area contributed by atoms with Gasteiger partial charge < -0.3 is 5.32 Å². The number of carbonyl (C=O) groups excluding carboxylic acids is 1. The van der Waals surface area contributed by atoms with Crippen molar-refractivity contribution < 1.29 is 4.79 Å². The predicted octanol–water partition coefficient (Wildman–Crippen LogP) is 0.706. The molecule has 1 aliphatic carbocycles. The van der Waals surface area contributed by atoms with Gasteiger partial charge in [-0.05, 0) is 12.8 Å². The van der Waals surface area contributed by atoms with Gasteiger partial charge in [-0.3, -0.25) is 4.79 Å². The second-order valence-corrected chi connectivity index (χ2v) is 5.31. The van der Waals surface area contributed by atoms with Gasteiger partial charge in [0.15, 0.2) is 0 Å². The third kappa shape index (κ3) is 4.14. The number of nitrogens with zero attached hydrogens (tertiary/aromatic N) is 2. The lowest BCUT2D eigenvalue weighted by Gasteiger charge is -2.22. The molecule has 0 aliphatic heterocycles. The van der Waals surface area contributed by atoms with Crippen molar-refractivity contribution in [1.29, 1.82) is 0 Å². The molecule has 0 bridgehead atoms. The highest BCUT2D eigenvalue weighted by atomic mass is 32.2. The van der Waals surface area contributed by atoms with Crippen molar-refractivity contribution >= 4 is 17.7 Å². The Morgan fingerprint density at radius 2 is 2.22 bits per heavy atom.